The monoisotopic (exact) mass is 348 g/mol. The number of allylic oxidation sites excluding steroid dienone is 2. The second-order valence-electron chi connectivity index (χ2n) is 4.51. The molecule has 1 heterocycles. The summed E-state index contributed by atoms with van der Waals surface area (Å²) in [5, 5.41) is 0. The van der Waals surface area contributed by atoms with Crippen molar-refractivity contribution in [1.82, 2.24) is 9.80 Å². The van der Waals surface area contributed by atoms with Gasteiger partial charge in [0, 0.05) is 18.6 Å². The summed E-state index contributed by atoms with van der Waals surface area (Å²) in [5.74, 6) is -1.22. The second-order valence-corrected chi connectivity index (χ2v) is 5.42. The molecule has 21 heavy (non-hydrogen) atoms. The van der Waals surface area contributed by atoms with E-state index in [2.05, 4.69) is 15.9 Å². The first-order chi connectivity index (χ1) is 9.91. The van der Waals surface area contributed by atoms with Crippen LogP contribution in [0.15, 0.2) is 46.5 Å². The van der Waals surface area contributed by atoms with Crippen molar-refractivity contribution < 1.29 is 14.4 Å². The molecule has 1 aromatic carbocycles. The molecule has 0 N–H and O–H groups in total. The van der Waals surface area contributed by atoms with Gasteiger partial charge in [0.2, 0.25) is 0 Å². The number of hydrogen-bond acceptors (Lipinski definition) is 3. The van der Waals surface area contributed by atoms with Gasteiger partial charge in [0.15, 0.2) is 0 Å². The molecule has 4 amide bonds. The van der Waals surface area contributed by atoms with Crippen molar-refractivity contribution in [3.8, 4) is 0 Å². The number of carbonyl (C=O) groups is 3. The van der Waals surface area contributed by atoms with E-state index in [4.69, 9.17) is 0 Å². The summed E-state index contributed by atoms with van der Waals surface area (Å²) in [6, 6.07) is 8.82. The van der Waals surface area contributed by atoms with Gasteiger partial charge in [-0.05, 0) is 17.7 Å². The molecule has 2 rings (SSSR count). The predicted octanol–water partition coefficient (Wildman–Crippen LogP) is 2.40. The topological polar surface area (TPSA) is 57.7 Å². The van der Waals surface area contributed by atoms with Gasteiger partial charge >= 0.3 is 6.03 Å². The van der Waals surface area contributed by atoms with E-state index in [0.29, 0.717) is 4.48 Å². The van der Waals surface area contributed by atoms with Gasteiger partial charge < -0.3 is 0 Å². The average molecular weight is 349 g/mol. The fraction of sp³-hybridized carbons (Fsp3) is 0.133. The Labute approximate surface area is 130 Å². The Balaban J connectivity index is 2.35. The van der Waals surface area contributed by atoms with E-state index in [-0.39, 0.29) is 5.57 Å². The van der Waals surface area contributed by atoms with Gasteiger partial charge in [-0.1, -0.05) is 46.3 Å². The molecule has 5 nitrogen and oxygen atoms in total. The lowest BCUT2D eigenvalue weighted by molar-refractivity contribution is -0.134. The Hall–Kier alpha value is -2.21. The van der Waals surface area contributed by atoms with E-state index in [1.54, 1.807) is 6.08 Å². The molecule has 0 unspecified atom stereocenters. The van der Waals surface area contributed by atoms with Crippen LogP contribution in [0.5, 0.6) is 0 Å². The van der Waals surface area contributed by atoms with Crippen molar-refractivity contribution in [2.75, 3.05) is 14.1 Å². The lowest BCUT2D eigenvalue weighted by Gasteiger charge is -2.28. The molecule has 0 bridgehead atoms. The predicted molar refractivity (Wildman–Crippen MR) is 82.4 cm³/mol. The van der Waals surface area contributed by atoms with Crippen molar-refractivity contribution in [1.29, 1.82) is 0 Å². The Morgan fingerprint density at radius 2 is 1.52 bits per heavy atom. The van der Waals surface area contributed by atoms with Gasteiger partial charge in [-0.2, -0.15) is 0 Å². The lowest BCUT2D eigenvalue weighted by atomic mass is 10.1. The number of benzene rings is 1. The second kappa shape index (κ2) is 6.05. The number of imide groups is 2. The maximum atomic E-state index is 12.0. The number of barbiturate groups is 1. The number of halogens is 1. The van der Waals surface area contributed by atoms with Gasteiger partial charge in [-0.25, -0.2) is 4.79 Å². The first-order valence-electron chi connectivity index (χ1n) is 6.16. The van der Waals surface area contributed by atoms with Crippen LogP contribution in [0.25, 0.3) is 6.08 Å². The normalized spacial score (nSPS) is 16.6. The summed E-state index contributed by atoms with van der Waals surface area (Å²) in [6.45, 7) is 0. The van der Waals surface area contributed by atoms with Crippen molar-refractivity contribution >= 4 is 39.9 Å². The fourth-order valence-electron chi connectivity index (χ4n) is 1.86. The van der Waals surface area contributed by atoms with Crippen LogP contribution < -0.4 is 0 Å². The van der Waals surface area contributed by atoms with E-state index in [0.717, 1.165) is 15.4 Å². The van der Waals surface area contributed by atoms with Crippen LogP contribution in [-0.2, 0) is 9.59 Å². The van der Waals surface area contributed by atoms with Crippen LogP contribution in [0.4, 0.5) is 4.79 Å². The SMILES string of the molecule is CN1C(=O)C(=CC(Br)=Cc2ccccc2)C(=O)N(C)C1=O. The van der Waals surface area contributed by atoms with E-state index in [1.165, 1.54) is 20.2 Å². The van der Waals surface area contributed by atoms with Crippen molar-refractivity contribution in [2.45, 2.75) is 0 Å². The molecule has 1 aliphatic rings. The average Bonchev–Trinajstić information content (AvgIpc) is 2.48. The third-order valence-electron chi connectivity index (χ3n) is 3.03. The molecule has 1 aliphatic heterocycles. The van der Waals surface area contributed by atoms with Crippen LogP contribution in [0.1, 0.15) is 5.56 Å². The fourth-order valence-corrected chi connectivity index (χ4v) is 2.36. The molecular formula is C15H13BrN2O3. The van der Waals surface area contributed by atoms with Crippen molar-refractivity contribution in [3.05, 3.63) is 52.0 Å². The van der Waals surface area contributed by atoms with Crippen LogP contribution in [-0.4, -0.2) is 41.7 Å². The molecule has 0 saturated carbocycles. The highest BCUT2D eigenvalue weighted by Crippen LogP contribution is 2.20. The Morgan fingerprint density at radius 1 is 1.00 bits per heavy atom. The molecule has 1 aromatic rings. The highest BCUT2D eigenvalue weighted by atomic mass is 79.9. The zero-order chi connectivity index (χ0) is 15.6. The summed E-state index contributed by atoms with van der Waals surface area (Å²) in [7, 11) is 2.69. The quantitative estimate of drug-likeness (QED) is 0.609. The third kappa shape index (κ3) is 3.11. The Morgan fingerprint density at radius 3 is 2.05 bits per heavy atom. The van der Waals surface area contributed by atoms with Gasteiger partial charge in [0.05, 0.1) is 0 Å². The van der Waals surface area contributed by atoms with E-state index in [9.17, 15) is 14.4 Å². The summed E-state index contributed by atoms with van der Waals surface area (Å²) in [5.41, 5.74) is 0.869. The van der Waals surface area contributed by atoms with Crippen LogP contribution in [0.2, 0.25) is 0 Å². The van der Waals surface area contributed by atoms with E-state index >= 15 is 0 Å². The maximum Gasteiger partial charge on any atom is 0.333 e. The summed E-state index contributed by atoms with van der Waals surface area (Å²) >= 11 is 3.32. The van der Waals surface area contributed by atoms with Gasteiger partial charge in [-0.15, -0.1) is 0 Å². The number of urea groups is 1. The molecule has 6 heteroatoms. The Kier molecular flexibility index (Phi) is 4.37. The van der Waals surface area contributed by atoms with Crippen molar-refractivity contribution in [2.24, 2.45) is 0 Å². The molecule has 0 atom stereocenters. The summed E-state index contributed by atoms with van der Waals surface area (Å²) < 4.78 is 0.571. The molecule has 1 saturated heterocycles. The highest BCUT2D eigenvalue weighted by Gasteiger charge is 2.37. The first-order valence-corrected chi connectivity index (χ1v) is 6.95. The molecule has 1 fully saturated rings. The Bertz CT molecular complexity index is 639. The first kappa shape index (κ1) is 15.2. The smallest absolute Gasteiger partial charge is 0.268 e. The van der Waals surface area contributed by atoms with Crippen LogP contribution in [0, 0.1) is 0 Å². The van der Waals surface area contributed by atoms with Gasteiger partial charge in [0.1, 0.15) is 5.57 Å². The van der Waals surface area contributed by atoms with Gasteiger partial charge in [-0.3, -0.25) is 19.4 Å². The number of amides is 4. The summed E-state index contributed by atoms with van der Waals surface area (Å²) in [6.07, 6.45) is 3.21. The molecule has 0 aromatic heterocycles. The minimum Gasteiger partial charge on any atom is -0.268 e. The van der Waals surface area contributed by atoms with Crippen LogP contribution >= 0.6 is 15.9 Å². The number of hydrogen-bond donors (Lipinski definition) is 0. The number of rotatable bonds is 2. The molecule has 0 spiro atoms. The summed E-state index contributed by atoms with van der Waals surface area (Å²) in [4.78, 5) is 37.5. The van der Waals surface area contributed by atoms with Gasteiger partial charge in [0.25, 0.3) is 11.8 Å². The zero-order valence-corrected chi connectivity index (χ0v) is 13.1. The number of likely N-dealkylation sites (N-methyl/N-ethyl adjacent to an activating group) is 2. The van der Waals surface area contributed by atoms with Crippen LogP contribution in [0.3, 0.4) is 0 Å². The maximum absolute atomic E-state index is 12.0. The lowest BCUT2D eigenvalue weighted by Crippen LogP contribution is -2.53. The van der Waals surface area contributed by atoms with E-state index < -0.39 is 17.8 Å². The van der Waals surface area contributed by atoms with Crippen molar-refractivity contribution in [3.63, 3.8) is 0 Å². The largest absolute Gasteiger partial charge is 0.333 e. The number of carbonyl (C=O) groups excluding carboxylic acids is 3. The minimum absolute atomic E-state index is 0.0568. The zero-order valence-electron chi connectivity index (χ0n) is 11.5. The molecule has 0 radical (unpaired) electrons. The molecule has 108 valence electrons. The minimum atomic E-state index is -0.634. The third-order valence-corrected chi connectivity index (χ3v) is 3.49. The molecular weight excluding hydrogens is 336 g/mol. The highest BCUT2D eigenvalue weighted by molar-refractivity contribution is 9.12. The standard InChI is InChI=1S/C15H13BrN2O3/c1-17-13(19)12(14(20)18(2)15(17)21)9-11(16)8-10-6-4-3-5-7-10/h3-9H,1-2H3. The van der Waals surface area contributed by atoms with E-state index in [1.807, 2.05) is 30.3 Å². The number of nitrogens with zero attached hydrogens (tertiary/aromatic N) is 2. The molecule has 0 aliphatic carbocycles.